The summed E-state index contributed by atoms with van der Waals surface area (Å²) in [5.41, 5.74) is 2.18. The largest absolute Gasteiger partial charge is 0.480 e. The Morgan fingerprint density at radius 2 is 2.11 bits per heavy atom. The van der Waals surface area contributed by atoms with Crippen LogP contribution in [0.3, 0.4) is 0 Å². The Kier molecular flexibility index (Phi) is 4.22. The first-order chi connectivity index (χ1) is 9.08. The Labute approximate surface area is 112 Å². The van der Waals surface area contributed by atoms with E-state index < -0.39 is 12.0 Å². The van der Waals surface area contributed by atoms with Crippen molar-refractivity contribution < 1.29 is 9.90 Å². The molecule has 1 atom stereocenters. The highest BCUT2D eigenvalue weighted by Gasteiger charge is 2.18. The molecular formula is C15H20N2O2. The maximum atomic E-state index is 11.2. The van der Waals surface area contributed by atoms with Gasteiger partial charge in [0.25, 0.3) is 0 Å². The summed E-state index contributed by atoms with van der Waals surface area (Å²) in [6, 6.07) is 7.54. The van der Waals surface area contributed by atoms with Crippen molar-refractivity contribution >= 4 is 16.9 Å². The second-order valence-electron chi connectivity index (χ2n) is 5.26. The molecule has 2 aromatic rings. The van der Waals surface area contributed by atoms with Gasteiger partial charge in [0, 0.05) is 23.6 Å². The molecule has 0 saturated heterocycles. The van der Waals surface area contributed by atoms with E-state index in [-0.39, 0.29) is 0 Å². The van der Waals surface area contributed by atoms with Gasteiger partial charge in [-0.3, -0.25) is 4.79 Å². The third-order valence-corrected chi connectivity index (χ3v) is 3.22. The number of aromatic nitrogens is 1. The summed E-state index contributed by atoms with van der Waals surface area (Å²) in [5.74, 6) is -0.426. The third-order valence-electron chi connectivity index (χ3n) is 3.22. The first-order valence-electron chi connectivity index (χ1n) is 6.59. The minimum Gasteiger partial charge on any atom is -0.480 e. The lowest BCUT2D eigenvalue weighted by Gasteiger charge is -2.16. The molecule has 2 rings (SSSR count). The van der Waals surface area contributed by atoms with Gasteiger partial charge in [-0.05, 0) is 24.0 Å². The van der Waals surface area contributed by atoms with Gasteiger partial charge < -0.3 is 15.4 Å². The molecule has 3 N–H and O–H groups in total. The summed E-state index contributed by atoms with van der Waals surface area (Å²) < 4.78 is 0. The number of carboxylic acid groups (broad SMARTS) is 1. The van der Waals surface area contributed by atoms with Crippen LogP contribution in [0.15, 0.2) is 30.5 Å². The zero-order valence-corrected chi connectivity index (χ0v) is 11.3. The molecular weight excluding hydrogens is 240 g/mol. The molecule has 0 aliphatic heterocycles. The van der Waals surface area contributed by atoms with Gasteiger partial charge in [-0.25, -0.2) is 0 Å². The van der Waals surface area contributed by atoms with Gasteiger partial charge >= 0.3 is 5.97 Å². The molecule has 0 bridgehead atoms. The van der Waals surface area contributed by atoms with Crippen molar-refractivity contribution in [2.75, 3.05) is 0 Å². The molecule has 0 radical (unpaired) electrons. The lowest BCUT2D eigenvalue weighted by atomic mass is 10.0. The summed E-state index contributed by atoms with van der Waals surface area (Å²) in [7, 11) is 0. The Hall–Kier alpha value is -1.81. The summed E-state index contributed by atoms with van der Waals surface area (Å²) in [6.45, 7) is 4.63. The highest BCUT2D eigenvalue weighted by Crippen LogP contribution is 2.17. The maximum Gasteiger partial charge on any atom is 0.320 e. The first-order valence-corrected chi connectivity index (χ1v) is 6.59. The van der Waals surface area contributed by atoms with Gasteiger partial charge in [0.05, 0.1) is 0 Å². The van der Waals surface area contributed by atoms with Gasteiger partial charge in [0.2, 0.25) is 0 Å². The lowest BCUT2D eigenvalue weighted by molar-refractivity contribution is -0.140. The van der Waals surface area contributed by atoms with Crippen molar-refractivity contribution in [2.24, 2.45) is 5.92 Å². The fraction of sp³-hybridized carbons (Fsp3) is 0.400. The quantitative estimate of drug-likeness (QED) is 0.748. The second-order valence-corrected chi connectivity index (χ2v) is 5.26. The number of aromatic amines is 1. The van der Waals surface area contributed by atoms with E-state index >= 15 is 0 Å². The number of hydrogen-bond donors (Lipinski definition) is 3. The zero-order chi connectivity index (χ0) is 13.8. The molecule has 102 valence electrons. The summed E-state index contributed by atoms with van der Waals surface area (Å²) in [4.78, 5) is 14.4. The number of carboxylic acids is 1. The van der Waals surface area contributed by atoms with E-state index in [2.05, 4.69) is 10.3 Å². The summed E-state index contributed by atoms with van der Waals surface area (Å²) in [6.07, 6.45) is 2.57. The van der Waals surface area contributed by atoms with Crippen LogP contribution in [0.4, 0.5) is 0 Å². The maximum absolute atomic E-state index is 11.2. The molecule has 0 aliphatic carbocycles. The predicted molar refractivity (Wildman–Crippen MR) is 76.0 cm³/mol. The minimum atomic E-state index is -0.784. The number of benzene rings is 1. The molecule has 4 nitrogen and oxygen atoms in total. The van der Waals surface area contributed by atoms with Crippen LogP contribution >= 0.6 is 0 Å². The number of nitrogens with one attached hydrogen (secondary N) is 2. The number of carbonyl (C=O) groups is 1. The minimum absolute atomic E-state index is 0.358. The van der Waals surface area contributed by atoms with E-state index in [1.165, 1.54) is 0 Å². The van der Waals surface area contributed by atoms with Crippen molar-refractivity contribution in [2.45, 2.75) is 32.9 Å². The van der Waals surface area contributed by atoms with Gasteiger partial charge in [0.15, 0.2) is 0 Å². The molecule has 1 aromatic carbocycles. The fourth-order valence-electron chi connectivity index (χ4n) is 2.25. The highest BCUT2D eigenvalue weighted by atomic mass is 16.4. The van der Waals surface area contributed by atoms with Crippen molar-refractivity contribution in [1.82, 2.24) is 10.3 Å². The Bertz CT molecular complexity index is 560. The number of hydrogen-bond acceptors (Lipinski definition) is 2. The smallest absolute Gasteiger partial charge is 0.320 e. The SMILES string of the molecule is CC(C)CC(NCc1c[nH]c2ccccc12)C(=O)O. The molecule has 0 aliphatic rings. The molecule has 4 heteroatoms. The summed E-state index contributed by atoms with van der Waals surface area (Å²) in [5, 5.41) is 13.5. The van der Waals surface area contributed by atoms with Gasteiger partial charge in [0.1, 0.15) is 6.04 Å². The monoisotopic (exact) mass is 260 g/mol. The molecule has 19 heavy (non-hydrogen) atoms. The molecule has 0 amide bonds. The van der Waals surface area contributed by atoms with Crippen molar-refractivity contribution in [3.63, 3.8) is 0 Å². The average Bonchev–Trinajstić information content (AvgIpc) is 2.77. The number of para-hydroxylation sites is 1. The van der Waals surface area contributed by atoms with Gasteiger partial charge in [-0.1, -0.05) is 32.0 Å². The fourth-order valence-corrected chi connectivity index (χ4v) is 2.25. The Balaban J connectivity index is 2.06. The Morgan fingerprint density at radius 1 is 1.37 bits per heavy atom. The van der Waals surface area contributed by atoms with E-state index in [1.807, 2.05) is 44.3 Å². The summed E-state index contributed by atoms with van der Waals surface area (Å²) >= 11 is 0. The van der Waals surface area contributed by atoms with Crippen LogP contribution in [0.25, 0.3) is 10.9 Å². The third kappa shape index (κ3) is 3.35. The molecule has 0 saturated carbocycles. The van der Waals surface area contributed by atoms with E-state index in [0.717, 1.165) is 16.5 Å². The average molecular weight is 260 g/mol. The van der Waals surface area contributed by atoms with Crippen molar-refractivity contribution in [3.8, 4) is 0 Å². The number of aliphatic carboxylic acids is 1. The van der Waals surface area contributed by atoms with E-state index in [0.29, 0.717) is 18.9 Å². The van der Waals surface area contributed by atoms with E-state index in [4.69, 9.17) is 0 Å². The highest BCUT2D eigenvalue weighted by molar-refractivity contribution is 5.83. The molecule has 1 aromatic heterocycles. The standard InChI is InChI=1S/C15H20N2O2/c1-10(2)7-14(15(18)19)17-9-11-8-16-13-6-4-3-5-12(11)13/h3-6,8,10,14,16-17H,7,9H2,1-2H3,(H,18,19). The number of fused-ring (bicyclic) bond motifs is 1. The van der Waals surface area contributed by atoms with Crippen LogP contribution in [0, 0.1) is 5.92 Å². The number of rotatable bonds is 6. The van der Waals surface area contributed by atoms with Crippen LogP contribution in [-0.2, 0) is 11.3 Å². The van der Waals surface area contributed by atoms with Crippen LogP contribution in [0.2, 0.25) is 0 Å². The zero-order valence-electron chi connectivity index (χ0n) is 11.3. The lowest BCUT2D eigenvalue weighted by Crippen LogP contribution is -2.37. The van der Waals surface area contributed by atoms with Crippen LogP contribution in [-0.4, -0.2) is 22.1 Å². The topological polar surface area (TPSA) is 65.1 Å². The number of H-pyrrole nitrogens is 1. The predicted octanol–water partition coefficient (Wildman–Crippen LogP) is 2.76. The van der Waals surface area contributed by atoms with Gasteiger partial charge in [-0.15, -0.1) is 0 Å². The molecule has 1 unspecified atom stereocenters. The van der Waals surface area contributed by atoms with Crippen molar-refractivity contribution in [3.05, 3.63) is 36.0 Å². The first kappa shape index (κ1) is 13.6. The van der Waals surface area contributed by atoms with Gasteiger partial charge in [-0.2, -0.15) is 0 Å². The van der Waals surface area contributed by atoms with Crippen LogP contribution in [0.1, 0.15) is 25.8 Å². The van der Waals surface area contributed by atoms with Crippen LogP contribution < -0.4 is 5.32 Å². The second kappa shape index (κ2) is 5.89. The van der Waals surface area contributed by atoms with E-state index in [1.54, 1.807) is 0 Å². The van der Waals surface area contributed by atoms with Crippen LogP contribution in [0.5, 0.6) is 0 Å². The van der Waals surface area contributed by atoms with E-state index in [9.17, 15) is 9.90 Å². The molecule has 1 heterocycles. The normalized spacial score (nSPS) is 13.0. The van der Waals surface area contributed by atoms with Crippen molar-refractivity contribution in [1.29, 1.82) is 0 Å². The Morgan fingerprint density at radius 3 is 2.79 bits per heavy atom. The molecule has 0 fully saturated rings. The molecule has 0 spiro atoms.